The van der Waals surface area contributed by atoms with Crippen molar-refractivity contribution in [2.24, 2.45) is 10.2 Å². The number of likely N-dealkylation sites (N-methyl/N-ethyl adjacent to an activating group) is 2. The number of nitrogens with zero attached hydrogens (tertiary/aromatic N) is 4. The van der Waals surface area contributed by atoms with Gasteiger partial charge in [-0.05, 0) is 50.1 Å². The highest BCUT2D eigenvalue weighted by Gasteiger charge is 2.32. The molecule has 3 rings (SSSR count). The summed E-state index contributed by atoms with van der Waals surface area (Å²) in [7, 11) is 0. The topological polar surface area (TPSA) is 68.5 Å². The Labute approximate surface area is 165 Å². The van der Waals surface area contributed by atoms with Crippen LogP contribution in [-0.2, 0) is 4.79 Å². The largest absolute Gasteiger partial charge is 0.395 e. The highest BCUT2D eigenvalue weighted by atomic mass is 16.3. The van der Waals surface area contributed by atoms with Crippen molar-refractivity contribution in [2.75, 3.05) is 36.0 Å². The van der Waals surface area contributed by atoms with Gasteiger partial charge in [-0.3, -0.25) is 4.79 Å². The van der Waals surface area contributed by atoms with Gasteiger partial charge in [-0.2, -0.15) is 5.10 Å². The van der Waals surface area contributed by atoms with Crippen LogP contribution in [0.5, 0.6) is 0 Å². The normalized spacial score (nSPS) is 14.9. The van der Waals surface area contributed by atoms with Gasteiger partial charge in [0, 0.05) is 30.9 Å². The third kappa shape index (κ3) is 3.82. The van der Waals surface area contributed by atoms with Crippen LogP contribution in [0.3, 0.4) is 0 Å². The SMILES string of the molecule is CCN(CCO)c1ccc(/C=N\N=C2/C(=O)N(CC)c3ccccc32)c(C)c1. The molecule has 0 saturated carbocycles. The van der Waals surface area contributed by atoms with E-state index in [9.17, 15) is 9.90 Å². The number of hydrogen-bond donors (Lipinski definition) is 1. The first-order valence-electron chi connectivity index (χ1n) is 9.59. The molecule has 0 fully saturated rings. The van der Waals surface area contributed by atoms with E-state index >= 15 is 0 Å². The third-order valence-corrected chi connectivity index (χ3v) is 4.94. The summed E-state index contributed by atoms with van der Waals surface area (Å²) >= 11 is 0. The van der Waals surface area contributed by atoms with E-state index in [0.29, 0.717) is 18.8 Å². The molecule has 2 aromatic rings. The van der Waals surface area contributed by atoms with E-state index in [-0.39, 0.29) is 12.5 Å². The van der Waals surface area contributed by atoms with Gasteiger partial charge in [-0.15, -0.1) is 5.10 Å². The lowest BCUT2D eigenvalue weighted by molar-refractivity contribution is -0.112. The molecule has 1 heterocycles. The minimum Gasteiger partial charge on any atom is -0.395 e. The van der Waals surface area contributed by atoms with Crippen molar-refractivity contribution in [1.82, 2.24) is 0 Å². The number of anilines is 2. The second-order valence-corrected chi connectivity index (χ2v) is 6.60. The highest BCUT2D eigenvalue weighted by Crippen LogP contribution is 2.28. The first kappa shape index (κ1) is 19.8. The summed E-state index contributed by atoms with van der Waals surface area (Å²) in [5, 5.41) is 17.6. The molecule has 0 unspecified atom stereocenters. The number of para-hydroxylation sites is 1. The van der Waals surface area contributed by atoms with E-state index in [1.54, 1.807) is 11.1 Å². The minimum atomic E-state index is -0.115. The molecule has 1 N–H and O–H groups in total. The number of rotatable bonds is 7. The average Bonchev–Trinajstić information content (AvgIpc) is 2.98. The highest BCUT2D eigenvalue weighted by molar-refractivity contribution is 6.54. The van der Waals surface area contributed by atoms with Gasteiger partial charge in [-0.25, -0.2) is 0 Å². The summed E-state index contributed by atoms with van der Waals surface area (Å²) < 4.78 is 0. The molecule has 6 nitrogen and oxygen atoms in total. The maximum atomic E-state index is 12.6. The number of hydrogen-bond acceptors (Lipinski definition) is 5. The molecule has 6 heteroatoms. The van der Waals surface area contributed by atoms with Crippen molar-refractivity contribution >= 4 is 29.2 Å². The predicted octanol–water partition coefficient (Wildman–Crippen LogP) is 3.00. The first-order chi connectivity index (χ1) is 13.6. The molecule has 1 aliphatic rings. The summed E-state index contributed by atoms with van der Waals surface area (Å²) in [4.78, 5) is 16.4. The zero-order valence-electron chi connectivity index (χ0n) is 16.6. The zero-order valence-corrected chi connectivity index (χ0v) is 16.6. The Morgan fingerprint density at radius 1 is 1.18 bits per heavy atom. The van der Waals surface area contributed by atoms with Gasteiger partial charge in [0.05, 0.1) is 18.5 Å². The van der Waals surface area contributed by atoms with E-state index < -0.39 is 0 Å². The lowest BCUT2D eigenvalue weighted by Crippen LogP contribution is -2.29. The van der Waals surface area contributed by atoms with Crippen LogP contribution in [-0.4, -0.2) is 49.2 Å². The number of fused-ring (bicyclic) bond motifs is 1. The standard InChI is InChI=1S/C22H26N4O2/c1-4-25(12-13-27)18-11-10-17(16(3)14-18)15-23-24-21-19-8-6-7-9-20(19)26(5-2)22(21)28/h6-11,14-15,27H,4-5,12-13H2,1-3H3/b23-15-,24-21-. The molecule has 1 amide bonds. The minimum absolute atomic E-state index is 0.115. The van der Waals surface area contributed by atoms with Crippen LogP contribution < -0.4 is 9.80 Å². The molecule has 0 aromatic heterocycles. The summed E-state index contributed by atoms with van der Waals surface area (Å²) in [5.74, 6) is -0.115. The van der Waals surface area contributed by atoms with Gasteiger partial charge in [0.25, 0.3) is 5.91 Å². The molecular formula is C22H26N4O2. The van der Waals surface area contributed by atoms with Crippen molar-refractivity contribution < 1.29 is 9.90 Å². The number of amides is 1. The fraction of sp³-hybridized carbons (Fsp3) is 0.318. The average molecular weight is 378 g/mol. The van der Waals surface area contributed by atoms with Crippen LogP contribution in [0.25, 0.3) is 0 Å². The van der Waals surface area contributed by atoms with Crippen LogP contribution in [0.1, 0.15) is 30.5 Å². The van der Waals surface area contributed by atoms with Crippen LogP contribution in [0.15, 0.2) is 52.7 Å². The van der Waals surface area contributed by atoms with E-state index in [1.807, 2.05) is 50.2 Å². The summed E-state index contributed by atoms with van der Waals surface area (Å²) in [6.45, 7) is 8.18. The Bertz CT molecular complexity index is 921. The van der Waals surface area contributed by atoms with Crippen LogP contribution >= 0.6 is 0 Å². The Morgan fingerprint density at radius 2 is 1.96 bits per heavy atom. The second kappa shape index (κ2) is 8.80. The maximum absolute atomic E-state index is 12.6. The molecule has 0 bridgehead atoms. The number of benzene rings is 2. The first-order valence-corrected chi connectivity index (χ1v) is 9.59. The smallest absolute Gasteiger partial charge is 0.279 e. The molecule has 0 aliphatic carbocycles. The monoisotopic (exact) mass is 378 g/mol. The molecule has 0 atom stereocenters. The van der Waals surface area contributed by atoms with Crippen LogP contribution in [0.4, 0.5) is 11.4 Å². The molecule has 0 spiro atoms. The molecule has 0 saturated heterocycles. The fourth-order valence-corrected chi connectivity index (χ4v) is 3.41. The van der Waals surface area contributed by atoms with Crippen molar-refractivity contribution in [2.45, 2.75) is 20.8 Å². The van der Waals surface area contributed by atoms with Crippen molar-refractivity contribution in [3.05, 3.63) is 59.2 Å². The van der Waals surface area contributed by atoms with Crippen molar-refractivity contribution in [1.29, 1.82) is 0 Å². The van der Waals surface area contributed by atoms with Gasteiger partial charge < -0.3 is 14.9 Å². The van der Waals surface area contributed by atoms with Crippen LogP contribution in [0, 0.1) is 6.92 Å². The Hall–Kier alpha value is -2.99. The number of carbonyl (C=O) groups excluding carboxylic acids is 1. The van der Waals surface area contributed by atoms with E-state index in [0.717, 1.165) is 34.6 Å². The van der Waals surface area contributed by atoms with E-state index in [1.165, 1.54) is 0 Å². The second-order valence-electron chi connectivity index (χ2n) is 6.60. The van der Waals surface area contributed by atoms with Gasteiger partial charge in [0.2, 0.25) is 0 Å². The zero-order chi connectivity index (χ0) is 20.1. The summed E-state index contributed by atoms with van der Waals surface area (Å²) in [6.07, 6.45) is 1.68. The van der Waals surface area contributed by atoms with E-state index in [4.69, 9.17) is 0 Å². The number of carbonyl (C=O) groups is 1. The summed E-state index contributed by atoms with van der Waals surface area (Å²) in [5.41, 5.74) is 5.15. The molecule has 28 heavy (non-hydrogen) atoms. The Morgan fingerprint density at radius 3 is 2.64 bits per heavy atom. The number of aryl methyl sites for hydroxylation is 1. The molecule has 146 valence electrons. The number of aliphatic hydroxyl groups is 1. The fourth-order valence-electron chi connectivity index (χ4n) is 3.41. The predicted molar refractivity (Wildman–Crippen MR) is 115 cm³/mol. The van der Waals surface area contributed by atoms with Crippen molar-refractivity contribution in [3.8, 4) is 0 Å². The Kier molecular flexibility index (Phi) is 6.21. The van der Waals surface area contributed by atoms with E-state index in [2.05, 4.69) is 28.1 Å². The van der Waals surface area contributed by atoms with Gasteiger partial charge in [-0.1, -0.05) is 24.3 Å². The molecular weight excluding hydrogens is 352 g/mol. The molecule has 2 aromatic carbocycles. The number of aliphatic hydroxyl groups excluding tert-OH is 1. The summed E-state index contributed by atoms with van der Waals surface area (Å²) in [6, 6.07) is 13.7. The molecule has 0 radical (unpaired) electrons. The lowest BCUT2D eigenvalue weighted by Gasteiger charge is -2.22. The third-order valence-electron chi connectivity index (χ3n) is 4.94. The van der Waals surface area contributed by atoms with Gasteiger partial charge in [0.15, 0.2) is 5.71 Å². The van der Waals surface area contributed by atoms with Gasteiger partial charge in [0.1, 0.15) is 0 Å². The lowest BCUT2D eigenvalue weighted by atomic mass is 10.1. The van der Waals surface area contributed by atoms with Gasteiger partial charge >= 0.3 is 0 Å². The quantitative estimate of drug-likeness (QED) is 0.595. The van der Waals surface area contributed by atoms with Crippen LogP contribution in [0.2, 0.25) is 0 Å². The Balaban J connectivity index is 1.84. The molecule has 1 aliphatic heterocycles. The maximum Gasteiger partial charge on any atom is 0.279 e. The van der Waals surface area contributed by atoms with Crippen molar-refractivity contribution in [3.63, 3.8) is 0 Å².